The lowest BCUT2D eigenvalue weighted by Gasteiger charge is -2.19. The number of ether oxygens (including phenoxy) is 1. The summed E-state index contributed by atoms with van der Waals surface area (Å²) < 4.78 is 33.3. The molecule has 1 heterocycles. The molecule has 0 aliphatic carbocycles. The molecule has 0 fully saturated rings. The predicted molar refractivity (Wildman–Crippen MR) is 69.8 cm³/mol. The van der Waals surface area contributed by atoms with Crippen molar-refractivity contribution < 1.29 is 13.5 Å². The number of rotatable bonds is 4. The third-order valence-corrected chi connectivity index (χ3v) is 3.77. The smallest absolute Gasteiger partial charge is 0.201 e. The second kappa shape index (κ2) is 5.53. The Balaban J connectivity index is 2.45. The number of hydrogen-bond donors (Lipinski definition) is 1. The molecule has 1 aromatic carbocycles. The summed E-state index contributed by atoms with van der Waals surface area (Å²) >= 11 is 3.29. The molecule has 0 amide bonds. The van der Waals surface area contributed by atoms with Crippen LogP contribution in [-0.4, -0.2) is 12.6 Å². The van der Waals surface area contributed by atoms with Gasteiger partial charge in [0.2, 0.25) is 5.82 Å². The number of likely N-dealkylation sites (N-methyl/N-ethyl adjacent to an activating group) is 1. The van der Waals surface area contributed by atoms with E-state index >= 15 is 0 Å². The van der Waals surface area contributed by atoms with Crippen molar-refractivity contribution >= 4 is 15.9 Å². The Labute approximate surface area is 114 Å². The number of fused-ring (bicyclic) bond motifs is 1. The number of benzene rings is 1. The van der Waals surface area contributed by atoms with Crippen molar-refractivity contribution in [3.05, 3.63) is 27.7 Å². The zero-order chi connectivity index (χ0) is 13.3. The average Bonchev–Trinajstić information content (AvgIpc) is 2.67. The second-order valence-corrected chi connectivity index (χ2v) is 5.23. The fourth-order valence-corrected chi connectivity index (χ4v) is 2.99. The third kappa shape index (κ3) is 2.26. The Bertz CT molecular complexity index is 453. The van der Waals surface area contributed by atoms with Crippen molar-refractivity contribution in [2.75, 3.05) is 6.54 Å². The summed E-state index contributed by atoms with van der Waals surface area (Å²) in [7, 11) is 0. The van der Waals surface area contributed by atoms with Gasteiger partial charge < -0.3 is 10.1 Å². The highest BCUT2D eigenvalue weighted by Gasteiger charge is 2.38. The summed E-state index contributed by atoms with van der Waals surface area (Å²) in [6, 6.07) is 1.07. The maximum atomic E-state index is 13.8. The SMILES string of the molecule is CCCC1Oc2c(F)c(F)cc(Br)c2C1NCC. The van der Waals surface area contributed by atoms with E-state index in [0.29, 0.717) is 10.0 Å². The van der Waals surface area contributed by atoms with Crippen molar-refractivity contribution in [1.29, 1.82) is 0 Å². The lowest BCUT2D eigenvalue weighted by atomic mass is 10.0. The summed E-state index contributed by atoms with van der Waals surface area (Å²) in [5.41, 5.74) is 0.689. The van der Waals surface area contributed by atoms with E-state index in [9.17, 15) is 8.78 Å². The molecule has 0 radical (unpaired) electrons. The first-order chi connectivity index (χ1) is 8.60. The van der Waals surface area contributed by atoms with Gasteiger partial charge >= 0.3 is 0 Å². The molecule has 1 aliphatic heterocycles. The number of halogens is 3. The van der Waals surface area contributed by atoms with Crippen molar-refractivity contribution in [3.8, 4) is 5.75 Å². The molecule has 2 nitrogen and oxygen atoms in total. The Hall–Kier alpha value is -0.680. The minimum absolute atomic E-state index is 0.0475. The summed E-state index contributed by atoms with van der Waals surface area (Å²) in [5.74, 6) is -1.73. The molecule has 100 valence electrons. The number of nitrogens with one attached hydrogen (secondary N) is 1. The molecule has 2 atom stereocenters. The molecular formula is C13H16BrF2NO. The van der Waals surface area contributed by atoms with E-state index in [1.807, 2.05) is 13.8 Å². The van der Waals surface area contributed by atoms with E-state index in [-0.39, 0.29) is 17.9 Å². The Kier molecular flexibility index (Phi) is 4.22. The van der Waals surface area contributed by atoms with E-state index in [0.717, 1.165) is 25.5 Å². The fraction of sp³-hybridized carbons (Fsp3) is 0.538. The normalized spacial score (nSPS) is 21.8. The molecule has 1 aromatic rings. The van der Waals surface area contributed by atoms with Crippen LogP contribution in [-0.2, 0) is 0 Å². The highest BCUT2D eigenvalue weighted by Crippen LogP contribution is 2.45. The molecule has 2 unspecified atom stereocenters. The first kappa shape index (κ1) is 13.7. The summed E-state index contributed by atoms with van der Waals surface area (Å²) in [4.78, 5) is 0. The highest BCUT2D eigenvalue weighted by molar-refractivity contribution is 9.10. The van der Waals surface area contributed by atoms with Gasteiger partial charge in [-0.3, -0.25) is 0 Å². The van der Waals surface area contributed by atoms with Crippen LogP contribution in [0.25, 0.3) is 0 Å². The van der Waals surface area contributed by atoms with Crippen LogP contribution >= 0.6 is 15.9 Å². The van der Waals surface area contributed by atoms with Crippen LogP contribution in [0.15, 0.2) is 10.5 Å². The van der Waals surface area contributed by atoms with Gasteiger partial charge in [-0.25, -0.2) is 4.39 Å². The van der Waals surface area contributed by atoms with Crippen molar-refractivity contribution in [2.24, 2.45) is 0 Å². The molecule has 0 aromatic heterocycles. The lowest BCUT2D eigenvalue weighted by molar-refractivity contribution is 0.172. The summed E-state index contributed by atoms with van der Waals surface area (Å²) in [5, 5.41) is 3.28. The van der Waals surface area contributed by atoms with Gasteiger partial charge in [0, 0.05) is 10.0 Å². The van der Waals surface area contributed by atoms with E-state index in [4.69, 9.17) is 4.74 Å². The summed E-state index contributed by atoms with van der Waals surface area (Å²) in [6.45, 7) is 4.77. The maximum Gasteiger partial charge on any atom is 0.201 e. The second-order valence-electron chi connectivity index (χ2n) is 4.38. The van der Waals surface area contributed by atoms with Crippen LogP contribution in [0.5, 0.6) is 5.75 Å². The molecule has 0 spiro atoms. The van der Waals surface area contributed by atoms with Gasteiger partial charge in [-0.05, 0) is 19.0 Å². The van der Waals surface area contributed by atoms with E-state index in [2.05, 4.69) is 21.2 Å². The standard InChI is InChI=1S/C13H16BrF2NO/c1-3-5-9-12(17-4-2)10-7(14)6-8(15)11(16)13(10)18-9/h6,9,12,17H,3-5H2,1-2H3. The maximum absolute atomic E-state index is 13.8. The Morgan fingerprint density at radius 1 is 1.39 bits per heavy atom. The first-order valence-corrected chi connectivity index (χ1v) is 6.96. The van der Waals surface area contributed by atoms with Crippen LogP contribution in [0.3, 0.4) is 0 Å². The van der Waals surface area contributed by atoms with Gasteiger partial charge in [-0.15, -0.1) is 0 Å². The van der Waals surface area contributed by atoms with Crippen molar-refractivity contribution in [2.45, 2.75) is 38.8 Å². The van der Waals surface area contributed by atoms with E-state index < -0.39 is 11.6 Å². The zero-order valence-corrected chi connectivity index (χ0v) is 12.0. The summed E-state index contributed by atoms with van der Waals surface area (Å²) in [6.07, 6.45) is 1.60. The van der Waals surface area contributed by atoms with Crippen molar-refractivity contribution in [3.63, 3.8) is 0 Å². The van der Waals surface area contributed by atoms with E-state index in [1.165, 1.54) is 0 Å². The lowest BCUT2D eigenvalue weighted by Crippen LogP contribution is -2.30. The van der Waals surface area contributed by atoms with Gasteiger partial charge in [0.1, 0.15) is 6.10 Å². The largest absolute Gasteiger partial charge is 0.485 e. The van der Waals surface area contributed by atoms with Crippen LogP contribution in [0, 0.1) is 11.6 Å². The van der Waals surface area contributed by atoms with Gasteiger partial charge in [-0.2, -0.15) is 4.39 Å². The average molecular weight is 320 g/mol. The molecule has 18 heavy (non-hydrogen) atoms. The highest BCUT2D eigenvalue weighted by atomic mass is 79.9. The topological polar surface area (TPSA) is 21.3 Å². The van der Waals surface area contributed by atoms with Crippen LogP contribution in [0.4, 0.5) is 8.78 Å². The molecule has 0 bridgehead atoms. The monoisotopic (exact) mass is 319 g/mol. The Morgan fingerprint density at radius 2 is 2.11 bits per heavy atom. The van der Waals surface area contributed by atoms with Crippen LogP contribution in [0.1, 0.15) is 38.3 Å². The quantitative estimate of drug-likeness (QED) is 0.849. The minimum Gasteiger partial charge on any atom is -0.485 e. The van der Waals surface area contributed by atoms with Crippen molar-refractivity contribution in [1.82, 2.24) is 5.32 Å². The van der Waals surface area contributed by atoms with Crippen LogP contribution < -0.4 is 10.1 Å². The van der Waals surface area contributed by atoms with Gasteiger partial charge in [-0.1, -0.05) is 36.2 Å². The predicted octanol–water partition coefficient (Wildman–Crippen LogP) is 3.94. The Morgan fingerprint density at radius 3 is 2.72 bits per heavy atom. The van der Waals surface area contributed by atoms with E-state index in [1.54, 1.807) is 0 Å². The third-order valence-electron chi connectivity index (χ3n) is 3.11. The van der Waals surface area contributed by atoms with Crippen LogP contribution in [0.2, 0.25) is 0 Å². The molecule has 2 rings (SSSR count). The molecule has 1 N–H and O–H groups in total. The molecule has 1 aliphatic rings. The molecule has 0 saturated carbocycles. The van der Waals surface area contributed by atoms with Gasteiger partial charge in [0.15, 0.2) is 11.6 Å². The molecular weight excluding hydrogens is 304 g/mol. The molecule has 5 heteroatoms. The van der Waals surface area contributed by atoms with Gasteiger partial charge in [0.05, 0.1) is 6.04 Å². The zero-order valence-electron chi connectivity index (χ0n) is 10.4. The van der Waals surface area contributed by atoms with Gasteiger partial charge in [0.25, 0.3) is 0 Å². The number of hydrogen-bond acceptors (Lipinski definition) is 2. The fourth-order valence-electron chi connectivity index (χ4n) is 2.36. The first-order valence-electron chi connectivity index (χ1n) is 6.17. The molecule has 0 saturated heterocycles. The minimum atomic E-state index is -0.894.